The van der Waals surface area contributed by atoms with Gasteiger partial charge in [-0.15, -0.1) is 0 Å². The van der Waals surface area contributed by atoms with Crippen LogP contribution >= 0.6 is 0 Å². The number of aryl methyl sites for hydroxylation is 1. The second-order valence-corrected chi connectivity index (χ2v) is 9.52. The first-order valence-electron chi connectivity index (χ1n) is 10.4. The quantitative estimate of drug-likeness (QED) is 0.447. The first kappa shape index (κ1) is 21.3. The predicted molar refractivity (Wildman–Crippen MR) is 117 cm³/mol. The molecule has 4 rings (SSSR count). The van der Waals surface area contributed by atoms with Crippen molar-refractivity contribution in [1.29, 1.82) is 0 Å². The van der Waals surface area contributed by atoms with E-state index in [0.717, 1.165) is 30.3 Å². The van der Waals surface area contributed by atoms with E-state index in [0.29, 0.717) is 26.1 Å². The number of fused-ring (bicyclic) bond motifs is 1. The van der Waals surface area contributed by atoms with Crippen LogP contribution < -0.4 is 5.69 Å². The molecule has 1 fully saturated rings. The van der Waals surface area contributed by atoms with Crippen LogP contribution in [0.3, 0.4) is 0 Å². The van der Waals surface area contributed by atoms with Gasteiger partial charge in [-0.2, -0.15) is 4.31 Å². The highest BCUT2D eigenvalue weighted by Crippen LogP contribution is 2.21. The number of sulfonamides is 1. The molecule has 3 aromatic rings. The van der Waals surface area contributed by atoms with Gasteiger partial charge in [0.2, 0.25) is 10.0 Å². The molecular formula is C22H25N3O5S. The third-order valence-electron chi connectivity index (χ3n) is 5.46. The fourth-order valence-electron chi connectivity index (χ4n) is 3.84. The Morgan fingerprint density at radius 3 is 2.61 bits per heavy atom. The molecule has 2 heterocycles. The van der Waals surface area contributed by atoms with Crippen LogP contribution in [-0.4, -0.2) is 47.9 Å². The lowest BCUT2D eigenvalue weighted by atomic mass is 10.2. The van der Waals surface area contributed by atoms with Crippen molar-refractivity contribution in [2.75, 3.05) is 19.7 Å². The summed E-state index contributed by atoms with van der Waals surface area (Å²) in [5.74, 6) is -0.582. The fraction of sp³-hybridized carbons (Fsp3) is 0.364. The number of aromatic nitrogens is 2. The van der Waals surface area contributed by atoms with E-state index in [1.807, 2.05) is 24.3 Å². The minimum atomic E-state index is -3.61. The number of imidazole rings is 1. The number of ether oxygens (including phenoxy) is 1. The summed E-state index contributed by atoms with van der Waals surface area (Å²) in [5.41, 5.74) is 1.55. The molecule has 1 aliphatic heterocycles. The number of nitrogens with one attached hydrogen (secondary N) is 1. The Labute approximate surface area is 180 Å². The first-order chi connectivity index (χ1) is 15.0. The maximum absolute atomic E-state index is 12.8. The van der Waals surface area contributed by atoms with Gasteiger partial charge in [0.15, 0.2) is 0 Å². The molecule has 0 radical (unpaired) electrons. The lowest BCUT2D eigenvalue weighted by molar-refractivity contribution is 0.0496. The van der Waals surface area contributed by atoms with Gasteiger partial charge in [-0.05, 0) is 49.6 Å². The minimum absolute atomic E-state index is 0.106. The predicted octanol–water partition coefficient (Wildman–Crippen LogP) is 2.75. The van der Waals surface area contributed by atoms with Crippen molar-refractivity contribution in [1.82, 2.24) is 13.9 Å². The number of benzene rings is 2. The van der Waals surface area contributed by atoms with Crippen LogP contribution in [0.4, 0.5) is 0 Å². The van der Waals surface area contributed by atoms with Gasteiger partial charge in [0.05, 0.1) is 28.1 Å². The van der Waals surface area contributed by atoms with Gasteiger partial charge in [0.25, 0.3) is 0 Å². The number of hydrogen-bond acceptors (Lipinski definition) is 5. The fourth-order valence-corrected chi connectivity index (χ4v) is 5.40. The number of carbonyl (C=O) groups is 1. The standard InChI is InChI=1S/C22H25N3O5S/c26-21(30-15-7-14-25-20-11-3-2-10-19(20)23-22(25)27)17-8-6-9-18(16-17)31(28,29)24-12-4-1-5-13-24/h2-3,6,8-11,16H,1,4-5,7,12-15H2,(H,23,27). The molecule has 0 unspecified atom stereocenters. The van der Waals surface area contributed by atoms with E-state index < -0.39 is 16.0 Å². The molecule has 0 saturated carbocycles. The highest BCUT2D eigenvalue weighted by Gasteiger charge is 2.26. The second kappa shape index (κ2) is 9.07. The van der Waals surface area contributed by atoms with Crippen LogP contribution in [-0.2, 0) is 21.3 Å². The van der Waals surface area contributed by atoms with Crippen LogP contribution in [0.25, 0.3) is 11.0 Å². The Morgan fingerprint density at radius 2 is 1.81 bits per heavy atom. The number of H-pyrrole nitrogens is 1. The van der Waals surface area contributed by atoms with Gasteiger partial charge in [0, 0.05) is 19.6 Å². The Kier molecular flexibility index (Phi) is 6.24. The van der Waals surface area contributed by atoms with Crippen molar-refractivity contribution in [2.24, 2.45) is 0 Å². The third-order valence-corrected chi connectivity index (χ3v) is 7.36. The smallest absolute Gasteiger partial charge is 0.338 e. The first-order valence-corrected chi connectivity index (χ1v) is 11.9. The summed E-state index contributed by atoms with van der Waals surface area (Å²) in [6, 6.07) is 13.4. The summed E-state index contributed by atoms with van der Waals surface area (Å²) in [6.07, 6.45) is 3.18. The normalized spacial score (nSPS) is 15.2. The lowest BCUT2D eigenvalue weighted by Gasteiger charge is -2.25. The van der Waals surface area contributed by atoms with E-state index in [1.165, 1.54) is 16.4 Å². The van der Waals surface area contributed by atoms with Crippen LogP contribution in [0.1, 0.15) is 36.0 Å². The van der Waals surface area contributed by atoms with Gasteiger partial charge in [-0.25, -0.2) is 18.0 Å². The Morgan fingerprint density at radius 1 is 1.03 bits per heavy atom. The molecule has 0 atom stereocenters. The minimum Gasteiger partial charge on any atom is -0.462 e. The molecule has 2 aromatic carbocycles. The van der Waals surface area contributed by atoms with Crippen molar-refractivity contribution in [3.63, 3.8) is 0 Å². The van der Waals surface area contributed by atoms with Crippen LogP contribution in [0.5, 0.6) is 0 Å². The number of carbonyl (C=O) groups excluding carboxylic acids is 1. The molecular weight excluding hydrogens is 418 g/mol. The molecule has 1 aromatic heterocycles. The number of esters is 1. The Balaban J connectivity index is 1.37. The van der Waals surface area contributed by atoms with Gasteiger partial charge < -0.3 is 9.72 Å². The molecule has 1 aliphatic rings. The molecule has 164 valence electrons. The molecule has 31 heavy (non-hydrogen) atoms. The summed E-state index contributed by atoms with van der Waals surface area (Å²) < 4.78 is 34.1. The van der Waals surface area contributed by atoms with E-state index in [-0.39, 0.29) is 22.8 Å². The molecule has 1 N–H and O–H groups in total. The van der Waals surface area contributed by atoms with Crippen molar-refractivity contribution in [3.8, 4) is 0 Å². The zero-order valence-electron chi connectivity index (χ0n) is 17.1. The average Bonchev–Trinajstić information content (AvgIpc) is 3.12. The molecule has 8 nitrogen and oxygen atoms in total. The van der Waals surface area contributed by atoms with Crippen LogP contribution in [0, 0.1) is 0 Å². The van der Waals surface area contributed by atoms with Crippen molar-refractivity contribution >= 4 is 27.0 Å². The van der Waals surface area contributed by atoms with Crippen molar-refractivity contribution in [2.45, 2.75) is 37.1 Å². The third kappa shape index (κ3) is 4.57. The zero-order chi connectivity index (χ0) is 21.8. The van der Waals surface area contributed by atoms with Crippen molar-refractivity contribution < 1.29 is 17.9 Å². The van der Waals surface area contributed by atoms with Gasteiger partial charge in [-0.3, -0.25) is 4.57 Å². The van der Waals surface area contributed by atoms with E-state index in [9.17, 15) is 18.0 Å². The number of rotatable bonds is 7. The van der Waals surface area contributed by atoms with Gasteiger partial charge >= 0.3 is 11.7 Å². The number of piperidine rings is 1. The summed E-state index contributed by atoms with van der Waals surface area (Å²) in [6.45, 7) is 1.53. The number of nitrogens with zero attached hydrogens (tertiary/aromatic N) is 2. The summed E-state index contributed by atoms with van der Waals surface area (Å²) in [7, 11) is -3.61. The average molecular weight is 444 g/mol. The van der Waals surface area contributed by atoms with Crippen LogP contribution in [0.15, 0.2) is 58.2 Å². The summed E-state index contributed by atoms with van der Waals surface area (Å²) in [5, 5.41) is 0. The highest BCUT2D eigenvalue weighted by atomic mass is 32.2. The number of hydrogen-bond donors (Lipinski definition) is 1. The van der Waals surface area contributed by atoms with Crippen LogP contribution in [0.2, 0.25) is 0 Å². The molecule has 0 spiro atoms. The van der Waals surface area contributed by atoms with E-state index >= 15 is 0 Å². The lowest BCUT2D eigenvalue weighted by Crippen LogP contribution is -2.35. The van der Waals surface area contributed by atoms with Gasteiger partial charge in [-0.1, -0.05) is 24.6 Å². The number of para-hydroxylation sites is 2. The molecule has 0 bridgehead atoms. The van der Waals surface area contributed by atoms with E-state index in [1.54, 1.807) is 16.7 Å². The molecule has 1 saturated heterocycles. The topological polar surface area (TPSA) is 101 Å². The summed E-state index contributed by atoms with van der Waals surface area (Å²) in [4.78, 5) is 27.4. The SMILES string of the molecule is O=C(OCCCn1c(=O)[nH]c2ccccc21)c1cccc(S(=O)(=O)N2CCCCC2)c1. The number of aromatic amines is 1. The van der Waals surface area contributed by atoms with Crippen molar-refractivity contribution in [3.05, 3.63) is 64.6 Å². The van der Waals surface area contributed by atoms with E-state index in [2.05, 4.69) is 4.98 Å². The van der Waals surface area contributed by atoms with Gasteiger partial charge in [0.1, 0.15) is 0 Å². The maximum Gasteiger partial charge on any atom is 0.338 e. The Bertz CT molecular complexity index is 1240. The Hall–Kier alpha value is -2.91. The maximum atomic E-state index is 12.8. The van der Waals surface area contributed by atoms with E-state index in [4.69, 9.17) is 4.74 Å². The zero-order valence-corrected chi connectivity index (χ0v) is 17.9. The monoisotopic (exact) mass is 443 g/mol. The molecule has 9 heteroatoms. The molecule has 0 amide bonds. The largest absolute Gasteiger partial charge is 0.462 e. The summed E-state index contributed by atoms with van der Waals surface area (Å²) >= 11 is 0. The molecule has 0 aliphatic carbocycles. The second-order valence-electron chi connectivity index (χ2n) is 7.58. The highest BCUT2D eigenvalue weighted by molar-refractivity contribution is 7.89.